The van der Waals surface area contributed by atoms with Gasteiger partial charge < -0.3 is 5.32 Å². The van der Waals surface area contributed by atoms with Gasteiger partial charge >= 0.3 is 0 Å². The fourth-order valence-electron chi connectivity index (χ4n) is 0.747. The van der Waals surface area contributed by atoms with Crippen LogP contribution in [0.1, 0.15) is 19.8 Å². The van der Waals surface area contributed by atoms with E-state index in [0.29, 0.717) is 5.92 Å². The van der Waals surface area contributed by atoms with E-state index in [1.807, 2.05) is 6.92 Å². The Hall–Kier alpha value is -0.790. The molecule has 0 aromatic rings. The molecule has 56 valence electrons. The Morgan fingerprint density at radius 3 is 2.80 bits per heavy atom. The van der Waals surface area contributed by atoms with Gasteiger partial charge in [-0.05, 0) is 19.8 Å². The predicted molar refractivity (Wildman–Crippen MR) is 40.5 cm³/mol. The molecule has 0 bridgehead atoms. The summed E-state index contributed by atoms with van der Waals surface area (Å²) in [4.78, 5) is 11.0. The maximum atomic E-state index is 11.0. The maximum absolute atomic E-state index is 11.0. The third-order valence-corrected chi connectivity index (χ3v) is 1.67. The fourth-order valence-corrected chi connectivity index (χ4v) is 0.747. The zero-order chi connectivity index (χ0) is 7.56. The van der Waals surface area contributed by atoms with E-state index in [-0.39, 0.29) is 11.9 Å². The van der Waals surface area contributed by atoms with Crippen molar-refractivity contribution in [1.82, 2.24) is 5.32 Å². The van der Waals surface area contributed by atoms with Crippen molar-refractivity contribution in [3.8, 4) is 0 Å². The molecule has 0 heterocycles. The molecule has 1 N–H and O–H groups in total. The van der Waals surface area contributed by atoms with Gasteiger partial charge in [0.15, 0.2) is 0 Å². The molecule has 1 fully saturated rings. The van der Waals surface area contributed by atoms with Crippen molar-refractivity contribution in [3.05, 3.63) is 12.7 Å². The molecule has 0 aromatic heterocycles. The molecule has 10 heavy (non-hydrogen) atoms. The molecule has 1 rings (SSSR count). The lowest BCUT2D eigenvalue weighted by Crippen LogP contribution is -2.31. The van der Waals surface area contributed by atoms with E-state index >= 15 is 0 Å². The Bertz CT molecular complexity index is 149. The molecule has 1 unspecified atom stereocenters. The lowest BCUT2D eigenvalue weighted by molar-refractivity contribution is -0.122. The Kier molecular flexibility index (Phi) is 2.10. The number of nitrogens with one attached hydrogen (secondary N) is 1. The maximum Gasteiger partial charge on any atom is 0.223 e. The quantitative estimate of drug-likeness (QED) is 0.582. The monoisotopic (exact) mass is 139 g/mol. The summed E-state index contributed by atoms with van der Waals surface area (Å²) in [5.74, 6) is 0.495. The van der Waals surface area contributed by atoms with Crippen LogP contribution in [-0.2, 0) is 4.79 Å². The summed E-state index contributed by atoms with van der Waals surface area (Å²) in [5.41, 5.74) is 0. The van der Waals surface area contributed by atoms with Crippen LogP contribution < -0.4 is 5.32 Å². The Balaban J connectivity index is 2.22. The molecular formula is C8H13NO. The highest BCUT2D eigenvalue weighted by Crippen LogP contribution is 2.28. The molecule has 1 atom stereocenters. The SMILES string of the molecule is C=CC(C)NC(=O)C1CC1. The smallest absolute Gasteiger partial charge is 0.223 e. The van der Waals surface area contributed by atoms with Gasteiger partial charge in [-0.3, -0.25) is 4.79 Å². The van der Waals surface area contributed by atoms with E-state index in [0.717, 1.165) is 12.8 Å². The second kappa shape index (κ2) is 2.86. The van der Waals surface area contributed by atoms with Crippen LogP contribution in [0.25, 0.3) is 0 Å². The van der Waals surface area contributed by atoms with Crippen molar-refractivity contribution >= 4 is 5.91 Å². The highest BCUT2D eigenvalue weighted by molar-refractivity contribution is 5.81. The number of carbonyl (C=O) groups excluding carboxylic acids is 1. The molecule has 2 heteroatoms. The Morgan fingerprint density at radius 1 is 1.80 bits per heavy atom. The van der Waals surface area contributed by atoms with E-state index < -0.39 is 0 Å². The van der Waals surface area contributed by atoms with Crippen molar-refractivity contribution < 1.29 is 4.79 Å². The highest BCUT2D eigenvalue weighted by Gasteiger charge is 2.29. The molecule has 1 aliphatic rings. The van der Waals surface area contributed by atoms with Gasteiger partial charge in [-0.2, -0.15) is 0 Å². The minimum Gasteiger partial charge on any atom is -0.350 e. The van der Waals surface area contributed by atoms with Crippen LogP contribution in [0.5, 0.6) is 0 Å². The third-order valence-electron chi connectivity index (χ3n) is 1.67. The van der Waals surface area contributed by atoms with Crippen LogP contribution in [0.2, 0.25) is 0 Å². The van der Waals surface area contributed by atoms with Crippen molar-refractivity contribution in [2.75, 3.05) is 0 Å². The normalized spacial score (nSPS) is 19.7. The molecule has 1 aliphatic carbocycles. The first-order chi connectivity index (χ1) is 4.74. The van der Waals surface area contributed by atoms with Crippen LogP contribution in [0.4, 0.5) is 0 Å². The van der Waals surface area contributed by atoms with Crippen LogP contribution in [-0.4, -0.2) is 11.9 Å². The summed E-state index contributed by atoms with van der Waals surface area (Å²) in [6, 6.07) is 0.119. The summed E-state index contributed by atoms with van der Waals surface area (Å²) in [5, 5.41) is 2.83. The zero-order valence-corrected chi connectivity index (χ0v) is 6.26. The lowest BCUT2D eigenvalue weighted by Gasteiger charge is -2.07. The van der Waals surface area contributed by atoms with Gasteiger partial charge in [-0.1, -0.05) is 6.08 Å². The minimum absolute atomic E-state index is 0.119. The second-order valence-electron chi connectivity index (χ2n) is 2.81. The van der Waals surface area contributed by atoms with Crippen LogP contribution in [0, 0.1) is 5.92 Å². The van der Waals surface area contributed by atoms with Crippen molar-refractivity contribution in [2.45, 2.75) is 25.8 Å². The van der Waals surface area contributed by atoms with Gasteiger partial charge in [0.1, 0.15) is 0 Å². The molecule has 0 spiro atoms. The van der Waals surface area contributed by atoms with E-state index in [1.165, 1.54) is 0 Å². The number of amides is 1. The zero-order valence-electron chi connectivity index (χ0n) is 6.26. The largest absolute Gasteiger partial charge is 0.350 e. The number of hydrogen-bond acceptors (Lipinski definition) is 1. The van der Waals surface area contributed by atoms with Gasteiger partial charge in [0.2, 0.25) is 5.91 Å². The summed E-state index contributed by atoms with van der Waals surface area (Å²) in [6.45, 7) is 5.50. The van der Waals surface area contributed by atoms with Gasteiger partial charge in [-0.15, -0.1) is 6.58 Å². The van der Waals surface area contributed by atoms with Gasteiger partial charge in [0, 0.05) is 12.0 Å². The van der Waals surface area contributed by atoms with Gasteiger partial charge in [-0.25, -0.2) is 0 Å². The molecule has 0 radical (unpaired) electrons. The van der Waals surface area contributed by atoms with Crippen molar-refractivity contribution in [1.29, 1.82) is 0 Å². The molecule has 2 nitrogen and oxygen atoms in total. The minimum atomic E-state index is 0.119. The van der Waals surface area contributed by atoms with Crippen molar-refractivity contribution in [2.24, 2.45) is 5.92 Å². The first kappa shape index (κ1) is 7.32. The van der Waals surface area contributed by atoms with E-state index in [2.05, 4.69) is 11.9 Å². The van der Waals surface area contributed by atoms with Crippen LogP contribution in [0.3, 0.4) is 0 Å². The Morgan fingerprint density at radius 2 is 2.40 bits per heavy atom. The highest BCUT2D eigenvalue weighted by atomic mass is 16.2. The summed E-state index contributed by atoms with van der Waals surface area (Å²) in [7, 11) is 0. The summed E-state index contributed by atoms with van der Waals surface area (Å²) >= 11 is 0. The van der Waals surface area contributed by atoms with E-state index in [9.17, 15) is 4.79 Å². The molecular weight excluding hydrogens is 126 g/mol. The average molecular weight is 139 g/mol. The molecule has 0 aliphatic heterocycles. The summed E-state index contributed by atoms with van der Waals surface area (Å²) in [6.07, 6.45) is 3.87. The van der Waals surface area contributed by atoms with E-state index in [4.69, 9.17) is 0 Å². The van der Waals surface area contributed by atoms with Crippen molar-refractivity contribution in [3.63, 3.8) is 0 Å². The van der Waals surface area contributed by atoms with Gasteiger partial charge in [0.05, 0.1) is 0 Å². The fraction of sp³-hybridized carbons (Fsp3) is 0.625. The third kappa shape index (κ3) is 1.87. The molecule has 1 amide bonds. The topological polar surface area (TPSA) is 29.1 Å². The van der Waals surface area contributed by atoms with Crippen LogP contribution in [0.15, 0.2) is 12.7 Å². The molecule has 0 saturated heterocycles. The van der Waals surface area contributed by atoms with Gasteiger partial charge in [0.25, 0.3) is 0 Å². The average Bonchev–Trinajstić information content (AvgIpc) is 2.68. The standard InChI is InChI=1S/C8H13NO/c1-3-6(2)9-8(10)7-4-5-7/h3,6-7H,1,4-5H2,2H3,(H,9,10). The summed E-state index contributed by atoms with van der Waals surface area (Å²) < 4.78 is 0. The number of carbonyl (C=O) groups is 1. The number of rotatable bonds is 3. The van der Waals surface area contributed by atoms with Crippen LogP contribution >= 0.6 is 0 Å². The second-order valence-corrected chi connectivity index (χ2v) is 2.81. The number of hydrogen-bond donors (Lipinski definition) is 1. The first-order valence-corrected chi connectivity index (χ1v) is 3.67. The molecule has 1 saturated carbocycles. The van der Waals surface area contributed by atoms with E-state index in [1.54, 1.807) is 6.08 Å². The Labute approximate surface area is 61.3 Å². The lowest BCUT2D eigenvalue weighted by atomic mass is 10.3. The molecule has 0 aromatic carbocycles. The first-order valence-electron chi connectivity index (χ1n) is 3.67. The predicted octanol–water partition coefficient (Wildman–Crippen LogP) is 1.09.